The van der Waals surface area contributed by atoms with E-state index in [1.165, 1.54) is 0 Å². The lowest BCUT2D eigenvalue weighted by atomic mass is 9.90. The molecule has 76 heavy (non-hydrogen) atoms. The summed E-state index contributed by atoms with van der Waals surface area (Å²) in [6, 6.07) is 65.8. The molecule has 14 rings (SSSR count). The molecule has 7 aromatic carbocycles. The van der Waals surface area contributed by atoms with Gasteiger partial charge in [-0.05, 0) is 65.7 Å². The minimum absolute atomic E-state index is 0.176. The van der Waals surface area contributed by atoms with Crippen molar-refractivity contribution in [3.05, 3.63) is 225 Å². The van der Waals surface area contributed by atoms with Crippen LogP contribution in [0.25, 0.3) is 146 Å². The molecule has 0 unspecified atom stereocenters. The first-order valence-electron chi connectivity index (χ1n) is 24.6. The van der Waals surface area contributed by atoms with Gasteiger partial charge in [-0.3, -0.25) is 19.9 Å². The Bertz CT molecular complexity index is 4020. The fraction of sp³-hybridized carbons (Fsp3) is 0. The van der Waals surface area contributed by atoms with Crippen LogP contribution in [0.4, 0.5) is 0 Å². The van der Waals surface area contributed by atoms with E-state index >= 15 is 0 Å². The van der Waals surface area contributed by atoms with Crippen molar-refractivity contribution in [2.45, 2.75) is 0 Å². The molecule has 14 aromatic rings. The van der Waals surface area contributed by atoms with Crippen LogP contribution in [0, 0.1) is 0 Å². The molecule has 13 nitrogen and oxygen atoms in total. The number of aromatic nitrogens is 13. The van der Waals surface area contributed by atoms with Crippen molar-refractivity contribution in [3.8, 4) is 102 Å². The zero-order chi connectivity index (χ0) is 50.4. The maximum Gasteiger partial charge on any atom is 0.202 e. The number of fused-ring (bicyclic) bond motifs is 4. The predicted octanol–water partition coefficient (Wildman–Crippen LogP) is 13.4. The van der Waals surface area contributed by atoms with E-state index < -0.39 is 0 Å². The number of hydrogen-bond donors (Lipinski definition) is 0. The van der Waals surface area contributed by atoms with Gasteiger partial charge in [0.2, 0.25) is 23.3 Å². The highest BCUT2D eigenvalue weighted by molar-refractivity contribution is 6.13. The summed E-state index contributed by atoms with van der Waals surface area (Å²) in [4.78, 5) is 66.0. The second kappa shape index (κ2) is 18.7. The number of nitrogens with zero attached hydrogens (tertiary/aromatic N) is 13. The first-order valence-corrected chi connectivity index (χ1v) is 24.6. The van der Waals surface area contributed by atoms with Crippen molar-refractivity contribution < 1.29 is 0 Å². The van der Waals surface area contributed by atoms with Gasteiger partial charge in [-0.1, -0.05) is 146 Å². The quantitative estimate of drug-likeness (QED) is 0.125. The Kier molecular flexibility index (Phi) is 10.8. The van der Waals surface area contributed by atoms with Gasteiger partial charge >= 0.3 is 0 Å². The van der Waals surface area contributed by atoms with Gasteiger partial charge in [0.05, 0.1) is 22.1 Å². The van der Waals surface area contributed by atoms with Crippen LogP contribution in [-0.4, -0.2) is 64.8 Å². The van der Waals surface area contributed by atoms with Crippen LogP contribution < -0.4 is 0 Å². The minimum atomic E-state index is 0.176. The highest BCUT2D eigenvalue weighted by Crippen LogP contribution is 2.42. The van der Waals surface area contributed by atoms with Crippen molar-refractivity contribution in [1.82, 2.24) is 64.8 Å². The van der Waals surface area contributed by atoms with Gasteiger partial charge in [0.15, 0.2) is 29.1 Å². The normalized spacial score (nSPS) is 11.4. The molecule has 0 fully saturated rings. The third-order valence-corrected chi connectivity index (χ3v) is 13.2. The van der Waals surface area contributed by atoms with Gasteiger partial charge in [-0.25, -0.2) is 44.9 Å². The highest BCUT2D eigenvalue weighted by atomic mass is 15.1. The molecule has 13 heteroatoms. The van der Waals surface area contributed by atoms with E-state index in [9.17, 15) is 0 Å². The monoisotopic (exact) mass is 975 g/mol. The lowest BCUT2D eigenvalue weighted by Crippen LogP contribution is -2.08. The average molecular weight is 976 g/mol. The van der Waals surface area contributed by atoms with Crippen molar-refractivity contribution in [3.63, 3.8) is 0 Å². The van der Waals surface area contributed by atoms with E-state index in [2.05, 4.69) is 54.6 Å². The summed E-state index contributed by atoms with van der Waals surface area (Å²) < 4.78 is 0. The van der Waals surface area contributed by atoms with Gasteiger partial charge in [-0.2, -0.15) is 0 Å². The summed E-state index contributed by atoms with van der Waals surface area (Å²) in [6.07, 6.45) is 7.26. The molecular formula is C63H37N13. The Morgan fingerprint density at radius 1 is 0.211 bits per heavy atom. The van der Waals surface area contributed by atoms with E-state index in [1.807, 2.05) is 170 Å². The molecular weight excluding hydrogens is 939 g/mol. The largest absolute Gasteiger partial charge is 0.256 e. The van der Waals surface area contributed by atoms with Crippen molar-refractivity contribution in [2.75, 3.05) is 0 Å². The van der Waals surface area contributed by atoms with Gasteiger partial charge in [0.25, 0.3) is 0 Å². The van der Waals surface area contributed by atoms with Crippen LogP contribution in [0.5, 0.6) is 0 Å². The number of benzene rings is 7. The minimum Gasteiger partial charge on any atom is -0.256 e. The Hall–Kier alpha value is -10.8. The van der Waals surface area contributed by atoms with E-state index in [0.717, 1.165) is 88.1 Å². The summed E-state index contributed by atoms with van der Waals surface area (Å²) in [5.74, 6) is 2.89. The van der Waals surface area contributed by atoms with E-state index in [4.69, 9.17) is 64.8 Å². The Balaban J connectivity index is 1.09. The lowest BCUT2D eigenvalue weighted by molar-refractivity contribution is 0.978. The smallest absolute Gasteiger partial charge is 0.202 e. The van der Waals surface area contributed by atoms with Gasteiger partial charge in [0, 0.05) is 85.3 Å². The second-order valence-corrected chi connectivity index (χ2v) is 18.0. The first kappa shape index (κ1) is 44.0. The van der Waals surface area contributed by atoms with Crippen LogP contribution >= 0.6 is 0 Å². The van der Waals surface area contributed by atoms with Crippen LogP contribution in [0.2, 0.25) is 0 Å². The van der Waals surface area contributed by atoms with Gasteiger partial charge in [-0.15, -0.1) is 0 Å². The fourth-order valence-corrected chi connectivity index (χ4v) is 9.68. The molecule has 7 heterocycles. The van der Waals surface area contributed by atoms with Crippen molar-refractivity contribution in [2.24, 2.45) is 0 Å². The Morgan fingerprint density at radius 3 is 0.868 bits per heavy atom. The molecule has 354 valence electrons. The molecule has 0 atom stereocenters. The predicted molar refractivity (Wildman–Crippen MR) is 297 cm³/mol. The van der Waals surface area contributed by atoms with Gasteiger partial charge < -0.3 is 0 Å². The molecule has 0 aliphatic rings. The third-order valence-electron chi connectivity index (χ3n) is 13.2. The highest BCUT2D eigenvalue weighted by Gasteiger charge is 2.24. The summed E-state index contributed by atoms with van der Waals surface area (Å²) in [6.45, 7) is 0. The summed E-state index contributed by atoms with van der Waals surface area (Å²) >= 11 is 0. The molecule has 0 amide bonds. The number of rotatable bonds is 9. The standard InChI is InChI=1S/C63H37N13/c1-5-17-38(18-6-1)55-68-56(39-19-7-2-8-20-39)71-60(70-55)62-74-59(75-63(76-62)61-72-57(40-21-9-3-10-22-40)69-58(73-61)41-23-11-4-12-24-41)46-34-44(51-47-27-15-29-64-49(47)36-42-25-13-31-66-53(42)51)33-45(35-46)52-48-28-16-30-65-50(48)37-43-26-14-32-67-54(43)52/h1-37H. The van der Waals surface area contributed by atoms with Crippen LogP contribution in [0.1, 0.15) is 0 Å². The molecule has 0 radical (unpaired) electrons. The van der Waals surface area contributed by atoms with E-state index in [0.29, 0.717) is 34.7 Å². The zero-order valence-electron chi connectivity index (χ0n) is 40.2. The van der Waals surface area contributed by atoms with E-state index in [-0.39, 0.29) is 23.3 Å². The molecule has 0 spiro atoms. The first-order chi connectivity index (χ1) is 37.6. The summed E-state index contributed by atoms with van der Waals surface area (Å²) in [5.41, 5.74) is 10.6. The SMILES string of the molecule is c1ccc(-c2nc(-c3ccccc3)nc(-c3nc(-c4cc(-c5c6cccnc6cc6cccnc56)cc(-c5c6cccnc6cc6cccnc56)c4)nc(-c4nc(-c5ccccc5)nc(-c5ccccc5)n4)n3)n2)cc1. The van der Waals surface area contributed by atoms with Crippen LogP contribution in [-0.2, 0) is 0 Å². The summed E-state index contributed by atoms with van der Waals surface area (Å²) in [7, 11) is 0. The van der Waals surface area contributed by atoms with Gasteiger partial charge in [0.1, 0.15) is 0 Å². The number of pyridine rings is 4. The molecule has 0 N–H and O–H groups in total. The Labute approximate surface area is 434 Å². The van der Waals surface area contributed by atoms with E-state index in [1.54, 1.807) is 0 Å². The molecule has 0 aliphatic heterocycles. The van der Waals surface area contributed by atoms with Crippen LogP contribution in [0.3, 0.4) is 0 Å². The maximum absolute atomic E-state index is 5.35. The fourth-order valence-electron chi connectivity index (χ4n) is 9.68. The molecule has 0 aliphatic carbocycles. The molecule has 0 saturated heterocycles. The Morgan fingerprint density at radius 2 is 0.500 bits per heavy atom. The molecule has 7 aromatic heterocycles. The maximum atomic E-state index is 5.35. The number of hydrogen-bond acceptors (Lipinski definition) is 13. The molecule has 0 bridgehead atoms. The van der Waals surface area contributed by atoms with Crippen molar-refractivity contribution in [1.29, 1.82) is 0 Å². The second-order valence-electron chi connectivity index (χ2n) is 18.0. The zero-order valence-corrected chi connectivity index (χ0v) is 40.2. The van der Waals surface area contributed by atoms with Crippen LogP contribution in [0.15, 0.2) is 225 Å². The average Bonchev–Trinajstić information content (AvgIpc) is 3.50. The molecule has 0 saturated carbocycles. The topological polar surface area (TPSA) is 168 Å². The lowest BCUT2D eigenvalue weighted by Gasteiger charge is -2.16. The van der Waals surface area contributed by atoms with Crippen molar-refractivity contribution >= 4 is 43.6 Å². The third kappa shape index (κ3) is 8.15. The summed E-state index contributed by atoms with van der Waals surface area (Å²) in [5, 5.41) is 3.74.